The third kappa shape index (κ3) is 6.41. The van der Waals surface area contributed by atoms with Gasteiger partial charge in [0.2, 0.25) is 6.79 Å². The molecular weight excluding hydrogens is 368 g/mol. The van der Waals surface area contributed by atoms with Gasteiger partial charge in [-0.25, -0.2) is 0 Å². The zero-order chi connectivity index (χ0) is 20.3. The van der Waals surface area contributed by atoms with Gasteiger partial charge in [-0.1, -0.05) is 24.3 Å². The van der Waals surface area contributed by atoms with Crippen LogP contribution in [-0.4, -0.2) is 44.8 Å². The van der Waals surface area contributed by atoms with Crippen LogP contribution >= 0.6 is 0 Å². The molecule has 1 aliphatic rings. The first-order valence-corrected chi connectivity index (χ1v) is 10.00. The SMILES string of the molecule is CCNC(=NCCCNC(=O)c1ccccc1)NCCc1ccc2c(c1)OCO2. The monoisotopic (exact) mass is 396 g/mol. The topological polar surface area (TPSA) is 84.0 Å². The summed E-state index contributed by atoms with van der Waals surface area (Å²) >= 11 is 0. The molecule has 29 heavy (non-hydrogen) atoms. The van der Waals surface area contributed by atoms with Crippen LogP contribution in [0.25, 0.3) is 0 Å². The highest BCUT2D eigenvalue weighted by Gasteiger charge is 2.12. The minimum atomic E-state index is -0.0525. The summed E-state index contributed by atoms with van der Waals surface area (Å²) in [6.45, 7) is 5.11. The maximum Gasteiger partial charge on any atom is 0.251 e. The molecule has 0 saturated heterocycles. The number of rotatable bonds is 9. The fourth-order valence-corrected chi connectivity index (χ4v) is 2.93. The van der Waals surface area contributed by atoms with E-state index in [0.717, 1.165) is 43.4 Å². The highest BCUT2D eigenvalue weighted by molar-refractivity contribution is 5.94. The Morgan fingerprint density at radius 1 is 1.00 bits per heavy atom. The summed E-state index contributed by atoms with van der Waals surface area (Å²) in [7, 11) is 0. The highest BCUT2D eigenvalue weighted by atomic mass is 16.7. The molecule has 0 radical (unpaired) electrons. The third-order valence-electron chi connectivity index (χ3n) is 4.41. The summed E-state index contributed by atoms with van der Waals surface area (Å²) in [6, 6.07) is 15.2. The van der Waals surface area contributed by atoms with E-state index in [1.807, 2.05) is 37.3 Å². The normalized spacial score (nSPS) is 12.5. The van der Waals surface area contributed by atoms with Crippen LogP contribution in [-0.2, 0) is 6.42 Å². The second kappa shape index (κ2) is 10.9. The molecule has 0 unspecified atom stereocenters. The number of ether oxygens (including phenoxy) is 2. The Balaban J connectivity index is 1.37. The predicted octanol–water partition coefficient (Wildman–Crippen LogP) is 2.33. The van der Waals surface area contributed by atoms with Crippen LogP contribution in [0.4, 0.5) is 0 Å². The molecule has 3 rings (SSSR count). The van der Waals surface area contributed by atoms with E-state index in [9.17, 15) is 4.79 Å². The fourth-order valence-electron chi connectivity index (χ4n) is 2.93. The van der Waals surface area contributed by atoms with Crippen molar-refractivity contribution in [2.45, 2.75) is 19.8 Å². The van der Waals surface area contributed by atoms with Crippen molar-refractivity contribution in [3.05, 3.63) is 59.7 Å². The molecule has 0 aromatic heterocycles. The first-order valence-electron chi connectivity index (χ1n) is 10.00. The molecular formula is C22H28N4O3. The molecule has 0 fully saturated rings. The fraction of sp³-hybridized carbons (Fsp3) is 0.364. The molecule has 154 valence electrons. The summed E-state index contributed by atoms with van der Waals surface area (Å²) in [5, 5.41) is 9.50. The predicted molar refractivity (Wildman–Crippen MR) is 114 cm³/mol. The van der Waals surface area contributed by atoms with E-state index >= 15 is 0 Å². The number of fused-ring (bicyclic) bond motifs is 1. The van der Waals surface area contributed by atoms with Gasteiger partial charge in [0.05, 0.1) is 0 Å². The molecule has 7 heteroatoms. The number of carbonyl (C=O) groups excluding carboxylic acids is 1. The number of nitrogens with zero attached hydrogens (tertiary/aromatic N) is 1. The van der Waals surface area contributed by atoms with Crippen molar-refractivity contribution in [1.82, 2.24) is 16.0 Å². The molecule has 7 nitrogen and oxygen atoms in total. The summed E-state index contributed by atoms with van der Waals surface area (Å²) < 4.78 is 10.8. The largest absolute Gasteiger partial charge is 0.454 e. The molecule has 0 bridgehead atoms. The van der Waals surface area contributed by atoms with Crippen LogP contribution in [0, 0.1) is 0 Å². The van der Waals surface area contributed by atoms with E-state index in [2.05, 4.69) is 27.0 Å². The summed E-state index contributed by atoms with van der Waals surface area (Å²) in [6.07, 6.45) is 1.63. The summed E-state index contributed by atoms with van der Waals surface area (Å²) in [4.78, 5) is 16.6. The van der Waals surface area contributed by atoms with E-state index in [4.69, 9.17) is 9.47 Å². The Morgan fingerprint density at radius 3 is 2.66 bits per heavy atom. The molecule has 2 aromatic rings. The second-order valence-corrected chi connectivity index (χ2v) is 6.60. The van der Waals surface area contributed by atoms with Crippen molar-refractivity contribution in [1.29, 1.82) is 0 Å². The number of aliphatic imine (C=N–C) groups is 1. The smallest absolute Gasteiger partial charge is 0.251 e. The molecule has 2 aromatic carbocycles. The Labute approximate surface area is 171 Å². The van der Waals surface area contributed by atoms with Gasteiger partial charge >= 0.3 is 0 Å². The van der Waals surface area contributed by atoms with Crippen LogP contribution in [0.15, 0.2) is 53.5 Å². The van der Waals surface area contributed by atoms with Crippen molar-refractivity contribution in [3.8, 4) is 11.5 Å². The molecule has 0 atom stereocenters. The average molecular weight is 396 g/mol. The number of benzene rings is 2. The van der Waals surface area contributed by atoms with E-state index in [0.29, 0.717) is 25.4 Å². The summed E-state index contributed by atoms with van der Waals surface area (Å²) in [5.41, 5.74) is 1.86. The summed E-state index contributed by atoms with van der Waals surface area (Å²) in [5.74, 6) is 2.34. The van der Waals surface area contributed by atoms with E-state index in [1.54, 1.807) is 12.1 Å². The van der Waals surface area contributed by atoms with Crippen LogP contribution in [0.3, 0.4) is 0 Å². The van der Waals surface area contributed by atoms with Crippen molar-refractivity contribution < 1.29 is 14.3 Å². The van der Waals surface area contributed by atoms with Crippen LogP contribution in [0.2, 0.25) is 0 Å². The quantitative estimate of drug-likeness (QED) is 0.344. The Bertz CT molecular complexity index is 824. The number of carbonyl (C=O) groups is 1. The number of hydrogen-bond donors (Lipinski definition) is 3. The standard InChI is InChI=1S/C22H28N4O3/c1-2-23-22(25-13-6-12-24-21(27)18-7-4-3-5-8-18)26-14-11-17-9-10-19-20(15-17)29-16-28-19/h3-5,7-10,15H,2,6,11-14,16H2,1H3,(H,24,27)(H2,23,25,26). The van der Waals surface area contributed by atoms with Crippen LogP contribution < -0.4 is 25.4 Å². The Kier molecular flexibility index (Phi) is 7.74. The lowest BCUT2D eigenvalue weighted by atomic mass is 10.1. The van der Waals surface area contributed by atoms with E-state index in [1.165, 1.54) is 5.56 Å². The lowest BCUT2D eigenvalue weighted by Crippen LogP contribution is -2.38. The second-order valence-electron chi connectivity index (χ2n) is 6.60. The molecule has 1 heterocycles. The van der Waals surface area contributed by atoms with Gasteiger partial charge < -0.3 is 25.4 Å². The van der Waals surface area contributed by atoms with Gasteiger partial charge in [-0.15, -0.1) is 0 Å². The number of guanidine groups is 1. The van der Waals surface area contributed by atoms with Gasteiger partial charge in [0.1, 0.15) is 0 Å². The number of amides is 1. The zero-order valence-corrected chi connectivity index (χ0v) is 16.7. The minimum absolute atomic E-state index is 0.0525. The number of hydrogen-bond acceptors (Lipinski definition) is 4. The Morgan fingerprint density at radius 2 is 1.83 bits per heavy atom. The van der Waals surface area contributed by atoms with E-state index in [-0.39, 0.29) is 5.91 Å². The van der Waals surface area contributed by atoms with Gasteiger partial charge in [0.15, 0.2) is 17.5 Å². The first kappa shape index (κ1) is 20.5. The minimum Gasteiger partial charge on any atom is -0.454 e. The molecule has 0 spiro atoms. The highest BCUT2D eigenvalue weighted by Crippen LogP contribution is 2.32. The molecule has 1 aliphatic heterocycles. The van der Waals surface area contributed by atoms with Crippen molar-refractivity contribution in [2.75, 3.05) is 33.0 Å². The molecule has 1 amide bonds. The van der Waals surface area contributed by atoms with Gasteiger partial charge in [-0.05, 0) is 49.6 Å². The lowest BCUT2D eigenvalue weighted by Gasteiger charge is -2.11. The van der Waals surface area contributed by atoms with Crippen molar-refractivity contribution >= 4 is 11.9 Å². The number of nitrogens with one attached hydrogen (secondary N) is 3. The molecule has 3 N–H and O–H groups in total. The van der Waals surface area contributed by atoms with Crippen molar-refractivity contribution in [3.63, 3.8) is 0 Å². The first-order chi connectivity index (χ1) is 14.3. The van der Waals surface area contributed by atoms with Crippen molar-refractivity contribution in [2.24, 2.45) is 4.99 Å². The maximum atomic E-state index is 12.0. The lowest BCUT2D eigenvalue weighted by molar-refractivity contribution is 0.0953. The average Bonchev–Trinajstić information content (AvgIpc) is 3.22. The van der Waals surface area contributed by atoms with E-state index < -0.39 is 0 Å². The van der Waals surface area contributed by atoms with Crippen LogP contribution in [0.5, 0.6) is 11.5 Å². The Hall–Kier alpha value is -3.22. The van der Waals surface area contributed by atoms with Gasteiger partial charge in [0, 0.05) is 31.7 Å². The van der Waals surface area contributed by atoms with Gasteiger partial charge in [0.25, 0.3) is 5.91 Å². The van der Waals surface area contributed by atoms with Crippen LogP contribution in [0.1, 0.15) is 29.3 Å². The third-order valence-corrected chi connectivity index (χ3v) is 4.41. The van der Waals surface area contributed by atoms with Gasteiger partial charge in [-0.3, -0.25) is 9.79 Å². The van der Waals surface area contributed by atoms with Gasteiger partial charge in [-0.2, -0.15) is 0 Å². The molecule has 0 aliphatic carbocycles. The molecule has 0 saturated carbocycles. The maximum absolute atomic E-state index is 12.0. The zero-order valence-electron chi connectivity index (χ0n) is 16.7.